The van der Waals surface area contributed by atoms with E-state index in [9.17, 15) is 54.9 Å². The number of nitrogens with two attached hydrogens (primary N) is 1. The van der Waals surface area contributed by atoms with Gasteiger partial charge < -0.3 is 76.2 Å². The van der Waals surface area contributed by atoms with Crippen LogP contribution in [0.15, 0.2) is 42.6 Å². The number of H-pyrrole nitrogens is 1. The van der Waals surface area contributed by atoms with E-state index < -0.39 is 104 Å². The number of hydrogen-bond donors (Lipinski definition) is 11. The maximum atomic E-state index is 13.5. The zero-order chi connectivity index (χ0) is 43.6. The van der Waals surface area contributed by atoms with E-state index in [1.54, 1.807) is 6.20 Å². The number of nitrogens with zero attached hydrogens (tertiary/aromatic N) is 1. The van der Waals surface area contributed by atoms with E-state index in [0.717, 1.165) is 48.6 Å². The highest BCUT2D eigenvalue weighted by Crippen LogP contribution is 2.27. The van der Waals surface area contributed by atoms with E-state index in [1.807, 2.05) is 24.3 Å². The van der Waals surface area contributed by atoms with Crippen molar-refractivity contribution in [2.45, 2.75) is 114 Å². The van der Waals surface area contributed by atoms with E-state index in [2.05, 4.69) is 29.1 Å². The smallest absolute Gasteiger partial charge is 0.323 e. The minimum absolute atomic E-state index is 0.0139. The van der Waals surface area contributed by atoms with Crippen molar-refractivity contribution in [3.8, 4) is 0 Å². The number of ether oxygens (including phenoxy) is 3. The highest BCUT2D eigenvalue weighted by atomic mass is 16.7. The summed E-state index contributed by atoms with van der Waals surface area (Å²) in [5.41, 5.74) is 8.11. The first-order chi connectivity index (χ1) is 28.1. The summed E-state index contributed by atoms with van der Waals surface area (Å²) in [4.78, 5) is 56.3. The molecule has 10 atom stereocenters. The third kappa shape index (κ3) is 14.6. The molecule has 3 amide bonds. The molecule has 1 aromatic heterocycles. The second kappa shape index (κ2) is 24.9. The third-order valence-corrected chi connectivity index (χ3v) is 10.3. The molecule has 6 unspecified atom stereocenters. The second-order valence-corrected chi connectivity index (χ2v) is 14.8. The molecule has 12 N–H and O–H groups in total. The van der Waals surface area contributed by atoms with Gasteiger partial charge in [0.25, 0.3) is 5.91 Å². The lowest BCUT2D eigenvalue weighted by Crippen LogP contribution is -2.61. The number of aliphatic hydroxyl groups is 7. The van der Waals surface area contributed by atoms with Crippen LogP contribution in [-0.4, -0.2) is 170 Å². The number of amides is 3. The minimum atomic E-state index is -1.87. The maximum Gasteiger partial charge on any atom is 0.323 e. The van der Waals surface area contributed by atoms with E-state index in [0.29, 0.717) is 12.0 Å². The third-order valence-electron chi connectivity index (χ3n) is 10.3. The van der Waals surface area contributed by atoms with Gasteiger partial charge in [-0.2, -0.15) is 0 Å². The maximum absolute atomic E-state index is 13.5. The van der Waals surface area contributed by atoms with Crippen molar-refractivity contribution in [1.82, 2.24) is 20.5 Å². The van der Waals surface area contributed by atoms with Gasteiger partial charge in [0.05, 0.1) is 19.3 Å². The lowest BCUT2D eigenvalue weighted by atomic mass is 9.92. The second-order valence-electron chi connectivity index (χ2n) is 14.8. The Kier molecular flexibility index (Phi) is 20.8. The number of rotatable bonds is 26. The molecular formula is C40H63N5O14. The number of carbonyl (C=O) groups is 4. The van der Waals surface area contributed by atoms with Crippen molar-refractivity contribution in [2.24, 2.45) is 11.7 Å². The van der Waals surface area contributed by atoms with Gasteiger partial charge in [0.1, 0.15) is 42.7 Å². The van der Waals surface area contributed by atoms with Gasteiger partial charge in [-0.15, -0.1) is 0 Å². The highest BCUT2D eigenvalue weighted by Gasteiger charge is 2.47. The predicted octanol–water partition coefficient (Wildman–Crippen LogP) is -1.91. The van der Waals surface area contributed by atoms with Crippen LogP contribution in [0.4, 0.5) is 0 Å². The van der Waals surface area contributed by atoms with Crippen molar-refractivity contribution in [3.63, 3.8) is 0 Å². The quantitative estimate of drug-likeness (QED) is 0.0280. The lowest BCUT2D eigenvalue weighted by molar-refractivity contribution is -0.323. The van der Waals surface area contributed by atoms with Crippen LogP contribution in [0.2, 0.25) is 0 Å². The number of aromatic nitrogens is 1. The van der Waals surface area contributed by atoms with Gasteiger partial charge >= 0.3 is 5.97 Å². The van der Waals surface area contributed by atoms with E-state index in [1.165, 1.54) is 11.8 Å². The summed E-state index contributed by atoms with van der Waals surface area (Å²) in [6.07, 6.45) is -6.35. The molecule has 59 heavy (non-hydrogen) atoms. The molecule has 1 aliphatic heterocycles. The van der Waals surface area contributed by atoms with Crippen LogP contribution in [0, 0.1) is 5.92 Å². The molecule has 2 heterocycles. The minimum Gasteiger partial charge on any atom is -0.454 e. The number of esters is 1. The number of hydrogen-bond acceptors (Lipinski definition) is 15. The summed E-state index contributed by atoms with van der Waals surface area (Å²) in [5, 5.41) is 77.2. The zero-order valence-electron chi connectivity index (χ0n) is 33.8. The predicted molar refractivity (Wildman–Crippen MR) is 213 cm³/mol. The summed E-state index contributed by atoms with van der Waals surface area (Å²) in [6, 6.07) is 6.53. The molecular weight excluding hydrogens is 774 g/mol. The normalized spacial score (nSPS) is 21.8. The summed E-state index contributed by atoms with van der Waals surface area (Å²) < 4.78 is 16.1. The number of benzene rings is 1. The van der Waals surface area contributed by atoms with Crippen molar-refractivity contribution >= 4 is 34.6 Å². The molecule has 1 saturated heterocycles. The van der Waals surface area contributed by atoms with E-state index in [-0.39, 0.29) is 32.6 Å². The first-order valence-corrected chi connectivity index (χ1v) is 20.1. The Hall–Kier alpha value is -4.02. The number of nitrogens with one attached hydrogen (secondary N) is 3. The van der Waals surface area contributed by atoms with Gasteiger partial charge in [0, 0.05) is 61.2 Å². The average molecular weight is 838 g/mol. The zero-order valence-corrected chi connectivity index (χ0v) is 33.8. The van der Waals surface area contributed by atoms with Crippen LogP contribution >= 0.6 is 0 Å². The molecule has 0 bridgehead atoms. The Balaban J connectivity index is 1.56. The van der Waals surface area contributed by atoms with Gasteiger partial charge in [-0.25, -0.2) is 0 Å². The molecule has 1 aliphatic rings. The summed E-state index contributed by atoms with van der Waals surface area (Å²) in [6.45, 7) is 4.82. The summed E-state index contributed by atoms with van der Waals surface area (Å²) >= 11 is 0. The fraction of sp³-hybridized carbons (Fsp3) is 0.650. The number of aliphatic hydroxyl groups excluding tert-OH is 7. The Morgan fingerprint density at radius 3 is 2.34 bits per heavy atom. The molecule has 3 rings (SSSR count). The van der Waals surface area contributed by atoms with Crippen LogP contribution < -0.4 is 16.4 Å². The SMILES string of the molecule is C=C(CCCCCCC)C(=O)N(CCNC(=O)COC(=O)[C@H](N)Cc1c[nH]c2ccccc12)CCNC(=O)C(O)C(C)C(O[C@@H]1OC(CO)[C@H](O)[C@H](O)C1O)C(O)CO. The summed E-state index contributed by atoms with van der Waals surface area (Å²) in [5.74, 6) is -4.00. The monoisotopic (exact) mass is 837 g/mol. The van der Waals surface area contributed by atoms with Crippen molar-refractivity contribution in [3.05, 3.63) is 48.2 Å². The highest BCUT2D eigenvalue weighted by molar-refractivity contribution is 5.93. The molecule has 2 aromatic rings. The fourth-order valence-corrected chi connectivity index (χ4v) is 6.67. The Morgan fingerprint density at radius 1 is 0.983 bits per heavy atom. The van der Waals surface area contributed by atoms with Gasteiger partial charge in [0.2, 0.25) is 11.8 Å². The van der Waals surface area contributed by atoms with Crippen molar-refractivity contribution in [1.29, 1.82) is 0 Å². The molecule has 19 nitrogen and oxygen atoms in total. The molecule has 0 radical (unpaired) electrons. The van der Waals surface area contributed by atoms with Gasteiger partial charge in [-0.3, -0.25) is 19.2 Å². The molecule has 19 heteroatoms. The van der Waals surface area contributed by atoms with Gasteiger partial charge in [0.15, 0.2) is 12.9 Å². The van der Waals surface area contributed by atoms with Crippen molar-refractivity contribution < 1.29 is 69.1 Å². The molecule has 1 aromatic carbocycles. The van der Waals surface area contributed by atoms with Crippen LogP contribution in [-0.2, 0) is 39.8 Å². The Morgan fingerprint density at radius 2 is 1.66 bits per heavy atom. The van der Waals surface area contributed by atoms with E-state index in [4.69, 9.17) is 19.9 Å². The Bertz CT molecular complexity index is 1640. The first-order valence-electron chi connectivity index (χ1n) is 20.1. The lowest BCUT2D eigenvalue weighted by Gasteiger charge is -2.42. The number of carbonyl (C=O) groups excluding carboxylic acids is 4. The van der Waals surface area contributed by atoms with Crippen LogP contribution in [0.25, 0.3) is 10.9 Å². The molecule has 0 aliphatic carbocycles. The van der Waals surface area contributed by atoms with Crippen LogP contribution in [0.3, 0.4) is 0 Å². The molecule has 0 spiro atoms. The average Bonchev–Trinajstić information content (AvgIpc) is 3.64. The van der Waals surface area contributed by atoms with Crippen LogP contribution in [0.5, 0.6) is 0 Å². The number of fused-ring (bicyclic) bond motifs is 1. The summed E-state index contributed by atoms with van der Waals surface area (Å²) in [7, 11) is 0. The van der Waals surface area contributed by atoms with Gasteiger partial charge in [-0.05, 0) is 24.5 Å². The number of unbranched alkanes of at least 4 members (excludes halogenated alkanes) is 4. The number of para-hydroxylation sites is 1. The first kappa shape index (κ1) is 49.3. The van der Waals surface area contributed by atoms with Crippen LogP contribution in [0.1, 0.15) is 57.9 Å². The molecule has 332 valence electrons. The number of aromatic amines is 1. The van der Waals surface area contributed by atoms with E-state index >= 15 is 0 Å². The van der Waals surface area contributed by atoms with Crippen molar-refractivity contribution in [2.75, 3.05) is 46.0 Å². The standard InChI is InChI=1S/C40H63N5O14/c1-4-5-6-7-8-11-23(2)38(55)45(16-14-42-31(49)22-57-39(56)27(41)18-25-19-44-28-13-10-9-12-26(25)28)17-15-43-37(54)32(50)24(3)36(29(48)20-46)59-40-35(53)34(52)33(51)30(21-47)58-40/h9-10,12-13,19,24,27,29-30,32-36,40,44,46-48,50-53H,2,4-8,11,14-18,20-22,41H2,1,3H3,(H,42,49)(H,43,54)/t24?,27-,29?,30?,32?,33+,34+,35?,36?,40+/m1/s1. The fourth-order valence-electron chi connectivity index (χ4n) is 6.67. The topological polar surface area (TPSA) is 307 Å². The Labute approximate surface area is 343 Å². The molecule has 0 saturated carbocycles. The molecule has 1 fully saturated rings. The largest absolute Gasteiger partial charge is 0.454 e. The van der Waals surface area contributed by atoms with Gasteiger partial charge in [-0.1, -0.05) is 64.3 Å².